The van der Waals surface area contributed by atoms with Gasteiger partial charge in [0, 0.05) is 12.1 Å². The van der Waals surface area contributed by atoms with Crippen molar-refractivity contribution in [1.82, 2.24) is 0 Å². The minimum Gasteiger partial charge on any atom is -0.258 e. The van der Waals surface area contributed by atoms with E-state index in [1.54, 1.807) is 12.1 Å². The van der Waals surface area contributed by atoms with E-state index in [1.165, 1.54) is 5.56 Å². The van der Waals surface area contributed by atoms with Crippen molar-refractivity contribution in [1.29, 1.82) is 0 Å². The first-order valence-corrected chi connectivity index (χ1v) is 6.16. The van der Waals surface area contributed by atoms with Crippen molar-refractivity contribution >= 4 is 5.69 Å². The first kappa shape index (κ1) is 13.7. The number of nitro groups is 1. The van der Waals surface area contributed by atoms with Crippen LogP contribution in [0.1, 0.15) is 38.8 Å². The van der Waals surface area contributed by atoms with Gasteiger partial charge >= 0.3 is 0 Å². The monoisotopic (exact) mass is 235 g/mol. The summed E-state index contributed by atoms with van der Waals surface area (Å²) in [5.41, 5.74) is 2.58. The smallest absolute Gasteiger partial charge is 0.258 e. The van der Waals surface area contributed by atoms with E-state index in [9.17, 15) is 10.1 Å². The van der Waals surface area contributed by atoms with Crippen LogP contribution in [0.25, 0.3) is 0 Å². The second-order valence-electron chi connectivity index (χ2n) is 5.41. The summed E-state index contributed by atoms with van der Waals surface area (Å²) >= 11 is 0. The predicted molar refractivity (Wildman–Crippen MR) is 70.2 cm³/mol. The van der Waals surface area contributed by atoms with Crippen LogP contribution < -0.4 is 0 Å². The van der Waals surface area contributed by atoms with Crippen LogP contribution in [0.2, 0.25) is 0 Å². The molecule has 0 aliphatic rings. The van der Waals surface area contributed by atoms with E-state index in [4.69, 9.17) is 0 Å². The number of hydrogen-bond donors (Lipinski definition) is 0. The minimum absolute atomic E-state index is 0.202. The molecule has 0 unspecified atom stereocenters. The topological polar surface area (TPSA) is 43.1 Å². The molecule has 1 aromatic carbocycles. The number of hydrogen-bond acceptors (Lipinski definition) is 2. The fraction of sp³-hybridized carbons (Fsp3) is 0.571. The molecule has 0 spiro atoms. The van der Waals surface area contributed by atoms with E-state index < -0.39 is 0 Å². The molecule has 0 heterocycles. The summed E-state index contributed by atoms with van der Waals surface area (Å²) in [6.07, 6.45) is 1.89. The minimum atomic E-state index is -0.316. The predicted octanol–water partition coefficient (Wildman–Crippen LogP) is 3.99. The Morgan fingerprint density at radius 1 is 1.06 bits per heavy atom. The standard InChI is InChI=1S/C14H21NO2/c1-10(2)7-12-5-6-14(15(16)17)9-13(12)8-11(3)4/h5-6,9-11H,7-8H2,1-4H3. The molecule has 0 saturated heterocycles. The van der Waals surface area contributed by atoms with E-state index in [2.05, 4.69) is 27.7 Å². The van der Waals surface area contributed by atoms with Gasteiger partial charge in [0.15, 0.2) is 0 Å². The van der Waals surface area contributed by atoms with Crippen LogP contribution in [0.15, 0.2) is 18.2 Å². The Labute approximate surface area is 103 Å². The lowest BCUT2D eigenvalue weighted by Crippen LogP contribution is -2.04. The molecule has 0 bridgehead atoms. The van der Waals surface area contributed by atoms with E-state index in [1.807, 2.05) is 6.07 Å². The number of non-ortho nitro benzene ring substituents is 1. The number of benzene rings is 1. The molecule has 0 saturated carbocycles. The average molecular weight is 235 g/mol. The third-order valence-electron chi connectivity index (χ3n) is 2.66. The van der Waals surface area contributed by atoms with Crippen molar-refractivity contribution in [3.8, 4) is 0 Å². The Balaban J connectivity index is 3.07. The van der Waals surface area contributed by atoms with E-state index >= 15 is 0 Å². The zero-order valence-electron chi connectivity index (χ0n) is 11.1. The SMILES string of the molecule is CC(C)Cc1ccc([N+](=O)[O-])cc1CC(C)C. The van der Waals surface area contributed by atoms with Gasteiger partial charge in [-0.15, -0.1) is 0 Å². The van der Waals surface area contributed by atoms with Gasteiger partial charge in [0.05, 0.1) is 4.92 Å². The van der Waals surface area contributed by atoms with Crippen LogP contribution in [0.3, 0.4) is 0 Å². The molecule has 0 aliphatic carbocycles. The highest BCUT2D eigenvalue weighted by molar-refractivity contribution is 5.40. The van der Waals surface area contributed by atoms with Gasteiger partial charge in [-0.2, -0.15) is 0 Å². The first-order chi connectivity index (χ1) is 7.90. The molecule has 0 aromatic heterocycles. The Morgan fingerprint density at radius 3 is 2.06 bits per heavy atom. The van der Waals surface area contributed by atoms with Gasteiger partial charge in [-0.05, 0) is 35.8 Å². The third-order valence-corrected chi connectivity index (χ3v) is 2.66. The maximum atomic E-state index is 10.8. The Bertz CT molecular complexity index is 397. The van der Waals surface area contributed by atoms with Crippen LogP contribution in [0.4, 0.5) is 5.69 Å². The van der Waals surface area contributed by atoms with E-state index in [0.717, 1.165) is 18.4 Å². The fourth-order valence-corrected chi connectivity index (χ4v) is 1.99. The van der Waals surface area contributed by atoms with Gasteiger partial charge in [0.25, 0.3) is 5.69 Å². The van der Waals surface area contributed by atoms with Gasteiger partial charge in [0.2, 0.25) is 0 Å². The molecule has 3 nitrogen and oxygen atoms in total. The van der Waals surface area contributed by atoms with Crippen molar-refractivity contribution < 1.29 is 4.92 Å². The van der Waals surface area contributed by atoms with Crippen LogP contribution in [0, 0.1) is 22.0 Å². The first-order valence-electron chi connectivity index (χ1n) is 6.16. The van der Waals surface area contributed by atoms with Gasteiger partial charge in [-0.3, -0.25) is 10.1 Å². The molecule has 3 heteroatoms. The Hall–Kier alpha value is -1.38. The lowest BCUT2D eigenvalue weighted by molar-refractivity contribution is -0.384. The quantitative estimate of drug-likeness (QED) is 0.572. The maximum Gasteiger partial charge on any atom is 0.269 e. The molecule has 0 N–H and O–H groups in total. The zero-order chi connectivity index (χ0) is 13.0. The Kier molecular flexibility index (Phi) is 4.67. The van der Waals surface area contributed by atoms with Crippen molar-refractivity contribution in [3.63, 3.8) is 0 Å². The molecule has 0 amide bonds. The van der Waals surface area contributed by atoms with Gasteiger partial charge < -0.3 is 0 Å². The second kappa shape index (κ2) is 5.80. The van der Waals surface area contributed by atoms with Crippen LogP contribution >= 0.6 is 0 Å². The zero-order valence-corrected chi connectivity index (χ0v) is 11.1. The average Bonchev–Trinajstić information content (AvgIpc) is 2.18. The van der Waals surface area contributed by atoms with Gasteiger partial charge in [0.1, 0.15) is 0 Å². The summed E-state index contributed by atoms with van der Waals surface area (Å²) in [7, 11) is 0. The Morgan fingerprint density at radius 2 is 1.59 bits per heavy atom. The molecule has 0 aliphatic heterocycles. The molecule has 0 fully saturated rings. The summed E-state index contributed by atoms with van der Waals surface area (Å²) in [6, 6.07) is 5.26. The summed E-state index contributed by atoms with van der Waals surface area (Å²) in [5.74, 6) is 1.09. The highest BCUT2D eigenvalue weighted by Crippen LogP contribution is 2.23. The fourth-order valence-electron chi connectivity index (χ4n) is 1.99. The lowest BCUT2D eigenvalue weighted by atomic mass is 9.92. The summed E-state index contributed by atoms with van der Waals surface area (Å²) in [4.78, 5) is 10.5. The number of rotatable bonds is 5. The highest BCUT2D eigenvalue weighted by atomic mass is 16.6. The molecule has 0 radical (unpaired) electrons. The van der Waals surface area contributed by atoms with E-state index in [-0.39, 0.29) is 10.6 Å². The lowest BCUT2D eigenvalue weighted by Gasteiger charge is -2.13. The van der Waals surface area contributed by atoms with Crippen LogP contribution in [0.5, 0.6) is 0 Å². The second-order valence-corrected chi connectivity index (χ2v) is 5.41. The van der Waals surface area contributed by atoms with Gasteiger partial charge in [-0.1, -0.05) is 33.8 Å². The molecule has 0 atom stereocenters. The summed E-state index contributed by atoms with van der Waals surface area (Å²) < 4.78 is 0. The van der Waals surface area contributed by atoms with Crippen LogP contribution in [-0.4, -0.2) is 4.92 Å². The van der Waals surface area contributed by atoms with Crippen molar-refractivity contribution in [2.24, 2.45) is 11.8 Å². The summed E-state index contributed by atoms with van der Waals surface area (Å²) in [5, 5.41) is 10.8. The normalized spacial score (nSPS) is 11.2. The third kappa shape index (κ3) is 4.17. The maximum absolute atomic E-state index is 10.8. The van der Waals surface area contributed by atoms with Crippen molar-refractivity contribution in [3.05, 3.63) is 39.4 Å². The van der Waals surface area contributed by atoms with Gasteiger partial charge in [-0.25, -0.2) is 0 Å². The number of nitro benzene ring substituents is 1. The molecule has 1 aromatic rings. The molecular formula is C14H21NO2. The summed E-state index contributed by atoms with van der Waals surface area (Å²) in [6.45, 7) is 8.61. The van der Waals surface area contributed by atoms with Crippen molar-refractivity contribution in [2.45, 2.75) is 40.5 Å². The number of nitrogens with zero attached hydrogens (tertiary/aromatic N) is 1. The molecule has 17 heavy (non-hydrogen) atoms. The highest BCUT2D eigenvalue weighted by Gasteiger charge is 2.12. The van der Waals surface area contributed by atoms with Crippen LogP contribution in [-0.2, 0) is 12.8 Å². The van der Waals surface area contributed by atoms with E-state index in [0.29, 0.717) is 11.8 Å². The molecule has 1 rings (SSSR count). The molecule has 94 valence electrons. The molecular weight excluding hydrogens is 214 g/mol. The van der Waals surface area contributed by atoms with Crippen molar-refractivity contribution in [2.75, 3.05) is 0 Å². The largest absolute Gasteiger partial charge is 0.269 e.